The van der Waals surface area contributed by atoms with E-state index in [9.17, 15) is 9.90 Å². The molecule has 2 aliphatic rings. The number of pyridine rings is 1. The van der Waals surface area contributed by atoms with Crippen molar-refractivity contribution in [2.45, 2.75) is 98.7 Å². The number of carbonyl (C=O) groups excluding carboxylic acids is 1. The number of aromatic nitrogens is 1. The average Bonchev–Trinajstić information content (AvgIpc) is 3.77. The third-order valence-electron chi connectivity index (χ3n) is 10.9. The first-order valence-electron chi connectivity index (χ1n) is 17.8. The molecule has 3 heterocycles. The predicted octanol–water partition coefficient (Wildman–Crippen LogP) is 12.6. The fourth-order valence-electron chi connectivity index (χ4n) is 6.35. The Bertz CT molecular complexity index is 1950. The molecule has 267 valence electrons. The van der Waals surface area contributed by atoms with Crippen molar-refractivity contribution in [1.29, 1.82) is 0 Å². The summed E-state index contributed by atoms with van der Waals surface area (Å²) in [6, 6.07) is 18.6. The average molecular weight is 867 g/mol. The monoisotopic (exact) mass is 867 g/mol. The van der Waals surface area contributed by atoms with Crippen molar-refractivity contribution in [2.75, 3.05) is 0 Å². The maximum absolute atomic E-state index is 12.2. The van der Waals surface area contributed by atoms with Gasteiger partial charge in [-0.15, -0.1) is 40.9 Å². The summed E-state index contributed by atoms with van der Waals surface area (Å²) in [6.07, 6.45) is 17.7. The molecule has 0 bridgehead atoms. The van der Waals surface area contributed by atoms with Crippen molar-refractivity contribution >= 4 is 44.3 Å². The number of carbonyl (C=O) groups is 1. The molecule has 0 saturated carbocycles. The molecule has 6 heteroatoms. The quantitative estimate of drug-likeness (QED) is 0.103. The predicted molar refractivity (Wildman–Crippen MR) is 209 cm³/mol. The maximum atomic E-state index is 12.2. The van der Waals surface area contributed by atoms with Crippen LogP contribution in [0.3, 0.4) is 0 Å². The topological polar surface area (TPSA) is 63.3 Å². The summed E-state index contributed by atoms with van der Waals surface area (Å²) in [6.45, 7) is 18.9. The zero-order valence-electron chi connectivity index (χ0n) is 31.0. The minimum Gasteiger partial charge on any atom is -0.512 e. The van der Waals surface area contributed by atoms with Crippen molar-refractivity contribution in [3.05, 3.63) is 108 Å². The molecule has 0 spiro atoms. The van der Waals surface area contributed by atoms with Crippen LogP contribution in [0.25, 0.3) is 38.0 Å². The number of allylic oxidation sites excluding steroid dienone is 6. The number of furan rings is 1. The van der Waals surface area contributed by atoms with Gasteiger partial charge in [-0.2, -0.15) is 0 Å². The Morgan fingerprint density at radius 2 is 1.58 bits per heavy atom. The first-order valence-corrected chi connectivity index (χ1v) is 18.7. The Morgan fingerprint density at radius 1 is 0.920 bits per heavy atom. The van der Waals surface area contributed by atoms with Gasteiger partial charge in [-0.05, 0) is 42.7 Å². The van der Waals surface area contributed by atoms with Crippen LogP contribution in [0.5, 0.6) is 0 Å². The number of fused-ring (bicyclic) bond motifs is 3. The molecule has 2 aromatic carbocycles. The number of rotatable bonds is 9. The first-order chi connectivity index (χ1) is 23.3. The number of aliphatic hydroxyl groups is 1. The Kier molecular flexibility index (Phi) is 12.7. The SMILES string of the molecule is CC(C)(C)c1cc(-c2cc(C3=CC4C=CC=CC4S3)c3ccoc3n2)[c-]c2ccccc12.CCC(C)(CC)C(=O)/C=C(\O)C(C)(CC)CC.[Ir]. The summed E-state index contributed by atoms with van der Waals surface area (Å²) in [5.74, 6) is 0.729. The van der Waals surface area contributed by atoms with Gasteiger partial charge in [-0.1, -0.05) is 128 Å². The largest absolute Gasteiger partial charge is 0.512 e. The zero-order valence-corrected chi connectivity index (χ0v) is 34.2. The van der Waals surface area contributed by atoms with Crippen LogP contribution in [-0.4, -0.2) is 21.1 Å². The summed E-state index contributed by atoms with van der Waals surface area (Å²) in [5.41, 5.74) is 4.50. The van der Waals surface area contributed by atoms with Crippen molar-refractivity contribution in [1.82, 2.24) is 4.98 Å². The number of benzene rings is 2. The Balaban J connectivity index is 0.000000269. The van der Waals surface area contributed by atoms with Gasteiger partial charge in [0.05, 0.1) is 6.26 Å². The molecule has 1 N–H and O–H groups in total. The molecule has 0 fully saturated rings. The number of hydrogen-bond donors (Lipinski definition) is 1. The second-order valence-electron chi connectivity index (χ2n) is 15.0. The molecular weight excluding hydrogens is 815 g/mol. The van der Waals surface area contributed by atoms with Gasteiger partial charge in [0.15, 0.2) is 5.78 Å². The summed E-state index contributed by atoms with van der Waals surface area (Å²) >= 11 is 1.92. The summed E-state index contributed by atoms with van der Waals surface area (Å²) in [5, 5.41) is 14.0. The summed E-state index contributed by atoms with van der Waals surface area (Å²) in [4.78, 5) is 18.4. The Morgan fingerprint density at radius 3 is 2.22 bits per heavy atom. The molecule has 50 heavy (non-hydrogen) atoms. The summed E-state index contributed by atoms with van der Waals surface area (Å²) < 4.78 is 5.79. The van der Waals surface area contributed by atoms with Gasteiger partial charge >= 0.3 is 0 Å². The fraction of sp³-hybridized carbons (Fsp3) is 0.409. The van der Waals surface area contributed by atoms with Crippen LogP contribution in [-0.2, 0) is 30.3 Å². The van der Waals surface area contributed by atoms with E-state index in [-0.39, 0.29) is 47.9 Å². The number of hydrogen-bond acceptors (Lipinski definition) is 5. The van der Waals surface area contributed by atoms with Crippen LogP contribution in [0.4, 0.5) is 0 Å². The van der Waals surface area contributed by atoms with Gasteiger partial charge in [0.2, 0.25) is 5.71 Å². The van der Waals surface area contributed by atoms with E-state index in [4.69, 9.17) is 9.40 Å². The van der Waals surface area contributed by atoms with E-state index < -0.39 is 0 Å². The van der Waals surface area contributed by atoms with E-state index in [1.54, 1.807) is 6.26 Å². The molecular formula is C44H52IrNO3S-. The smallest absolute Gasteiger partial charge is 0.219 e. The van der Waals surface area contributed by atoms with Gasteiger partial charge in [-0.25, -0.2) is 0 Å². The number of ketones is 1. The Labute approximate surface area is 317 Å². The molecule has 0 amide bonds. The van der Waals surface area contributed by atoms with Gasteiger partial charge in [0.1, 0.15) is 5.76 Å². The van der Waals surface area contributed by atoms with Gasteiger partial charge in [0.25, 0.3) is 0 Å². The molecule has 4 aromatic rings. The van der Waals surface area contributed by atoms with E-state index in [0.29, 0.717) is 16.9 Å². The molecule has 2 unspecified atom stereocenters. The van der Waals surface area contributed by atoms with Gasteiger partial charge in [-0.3, -0.25) is 9.78 Å². The first kappa shape index (κ1) is 39.6. The molecule has 4 nitrogen and oxygen atoms in total. The Hall–Kier alpha value is -3.18. The minimum absolute atomic E-state index is 0. The van der Waals surface area contributed by atoms with Crippen LogP contribution in [0.1, 0.15) is 99.1 Å². The van der Waals surface area contributed by atoms with E-state index in [0.717, 1.165) is 47.7 Å². The van der Waals surface area contributed by atoms with E-state index in [1.165, 1.54) is 27.5 Å². The summed E-state index contributed by atoms with van der Waals surface area (Å²) in [7, 11) is 0. The van der Waals surface area contributed by atoms with Crippen molar-refractivity contribution in [3.8, 4) is 11.3 Å². The van der Waals surface area contributed by atoms with Gasteiger partial charge < -0.3 is 9.52 Å². The van der Waals surface area contributed by atoms with Crippen LogP contribution in [0, 0.1) is 22.8 Å². The number of thioether (sulfide) groups is 1. The molecule has 1 aliphatic carbocycles. The van der Waals surface area contributed by atoms with E-state index in [1.807, 2.05) is 59.4 Å². The van der Waals surface area contributed by atoms with Crippen LogP contribution in [0.2, 0.25) is 0 Å². The van der Waals surface area contributed by atoms with Crippen LogP contribution < -0.4 is 0 Å². The van der Waals surface area contributed by atoms with Gasteiger partial charge in [0, 0.05) is 64.2 Å². The minimum atomic E-state index is -0.337. The van der Waals surface area contributed by atoms with Crippen LogP contribution in [0.15, 0.2) is 95.4 Å². The normalized spacial score (nSPS) is 17.6. The molecule has 1 aliphatic heterocycles. The number of aliphatic hydroxyl groups excluding tert-OH is 1. The third-order valence-corrected chi connectivity index (χ3v) is 12.3. The maximum Gasteiger partial charge on any atom is 0.219 e. The third kappa shape index (κ3) is 8.14. The second kappa shape index (κ2) is 16.0. The zero-order chi connectivity index (χ0) is 35.6. The number of nitrogens with zero attached hydrogens (tertiary/aromatic N) is 1. The molecule has 2 aromatic heterocycles. The van der Waals surface area contributed by atoms with Crippen molar-refractivity contribution < 1.29 is 34.4 Å². The van der Waals surface area contributed by atoms with Crippen molar-refractivity contribution in [2.24, 2.45) is 16.7 Å². The van der Waals surface area contributed by atoms with Crippen molar-refractivity contribution in [3.63, 3.8) is 0 Å². The molecule has 1 radical (unpaired) electrons. The molecule has 6 rings (SSSR count). The fourth-order valence-corrected chi connectivity index (χ4v) is 7.67. The van der Waals surface area contributed by atoms with Crippen LogP contribution >= 0.6 is 11.8 Å². The molecule has 0 saturated heterocycles. The standard InChI is InChI=1S/C29H24NOS.C15H28O2.Ir/c1-29(2,3)24-15-20(14-18-8-4-6-10-21(18)24)25-17-23(22-12-13-31-28(22)30-25)27-16-19-9-5-7-11-26(19)32-27;1-7-14(5,8-2)12(16)11-13(17)15(6,9-3)10-4;/h4-13,15-17,19,26H,1-3H3;11,16H,7-10H2,1-6H3;/q-1;;/b;12-11-;. The van der Waals surface area contributed by atoms with E-state index >= 15 is 0 Å². The molecule has 2 atom stereocenters. The second-order valence-corrected chi connectivity index (χ2v) is 16.2. The van der Waals surface area contributed by atoms with E-state index in [2.05, 4.69) is 93.6 Å².